The van der Waals surface area contributed by atoms with Gasteiger partial charge in [-0.15, -0.1) is 0 Å². The number of hydrogen-bond donors (Lipinski definition) is 1. The van der Waals surface area contributed by atoms with E-state index in [2.05, 4.69) is 5.32 Å². The molecule has 0 heterocycles. The van der Waals surface area contributed by atoms with Crippen molar-refractivity contribution in [1.29, 1.82) is 0 Å². The highest BCUT2D eigenvalue weighted by Crippen LogP contribution is 2.63. The van der Waals surface area contributed by atoms with Gasteiger partial charge in [-0.1, -0.05) is 23.2 Å². The van der Waals surface area contributed by atoms with Crippen LogP contribution in [0.25, 0.3) is 0 Å². The predicted molar refractivity (Wildman–Crippen MR) is 85.7 cm³/mol. The molecule has 0 unspecified atom stereocenters. The molecule has 0 radical (unpaired) electrons. The monoisotopic (exact) mass is 323 g/mol. The number of halogens is 2. The van der Waals surface area contributed by atoms with Gasteiger partial charge >= 0.3 is 0 Å². The number of amides is 1. The van der Waals surface area contributed by atoms with Gasteiger partial charge in [0.15, 0.2) is 0 Å². The second-order valence-corrected chi connectivity index (χ2v) is 7.86. The van der Waals surface area contributed by atoms with Gasteiger partial charge in [-0.3, -0.25) is 4.79 Å². The summed E-state index contributed by atoms with van der Waals surface area (Å²) in [6, 6.07) is 5.25. The average Bonchev–Trinajstić information content (AvgIpc) is 2.96. The van der Waals surface area contributed by atoms with E-state index in [4.69, 9.17) is 23.2 Å². The molecule has 1 aromatic rings. The first-order valence-electron chi connectivity index (χ1n) is 7.85. The molecular formula is C17H19Cl2NO. The lowest BCUT2D eigenvalue weighted by atomic mass is 9.67. The third kappa shape index (κ3) is 2.10. The molecule has 3 saturated carbocycles. The number of hydrogen-bond acceptors (Lipinski definition) is 1. The zero-order chi connectivity index (χ0) is 14.6. The summed E-state index contributed by atoms with van der Waals surface area (Å²) >= 11 is 12.1. The maximum absolute atomic E-state index is 13.0. The summed E-state index contributed by atoms with van der Waals surface area (Å²) in [4.78, 5) is 13.0. The maximum Gasteiger partial charge on any atom is 0.230 e. The second kappa shape index (κ2) is 4.89. The number of fused-ring (bicyclic) bond motifs is 1. The Balaban J connectivity index is 1.60. The van der Waals surface area contributed by atoms with E-state index in [1.807, 2.05) is 0 Å². The van der Waals surface area contributed by atoms with E-state index < -0.39 is 0 Å². The summed E-state index contributed by atoms with van der Waals surface area (Å²) in [7, 11) is 0. The molecule has 2 nitrogen and oxygen atoms in total. The molecule has 0 aromatic heterocycles. The van der Waals surface area contributed by atoms with Gasteiger partial charge in [0.05, 0.1) is 16.1 Å². The Morgan fingerprint density at radius 1 is 1.19 bits per heavy atom. The van der Waals surface area contributed by atoms with E-state index in [0.29, 0.717) is 21.7 Å². The third-order valence-electron chi connectivity index (χ3n) is 6.09. The molecule has 21 heavy (non-hydrogen) atoms. The lowest BCUT2D eigenvalue weighted by Crippen LogP contribution is -2.41. The van der Waals surface area contributed by atoms with Gasteiger partial charge < -0.3 is 5.32 Å². The van der Waals surface area contributed by atoms with Crippen LogP contribution in [-0.4, -0.2) is 5.91 Å². The van der Waals surface area contributed by atoms with Gasteiger partial charge in [0.1, 0.15) is 0 Å². The summed E-state index contributed by atoms with van der Waals surface area (Å²) in [6.45, 7) is 0. The van der Waals surface area contributed by atoms with Crippen LogP contribution in [0.5, 0.6) is 0 Å². The Morgan fingerprint density at radius 2 is 2.00 bits per heavy atom. The van der Waals surface area contributed by atoms with E-state index in [-0.39, 0.29) is 11.3 Å². The fourth-order valence-electron chi connectivity index (χ4n) is 5.11. The summed E-state index contributed by atoms with van der Waals surface area (Å²) in [6.07, 6.45) is 7.15. The SMILES string of the molecule is O=C(Nc1ccc(Cl)cc1Cl)[C@]12CC[C@H]3C[C@H](CC1)[C@H]2C3. The first-order chi connectivity index (χ1) is 10.1. The topological polar surface area (TPSA) is 29.1 Å². The summed E-state index contributed by atoms with van der Waals surface area (Å²) < 4.78 is 0. The van der Waals surface area contributed by atoms with E-state index in [1.54, 1.807) is 18.2 Å². The van der Waals surface area contributed by atoms with E-state index in [1.165, 1.54) is 25.7 Å². The third-order valence-corrected chi connectivity index (χ3v) is 6.64. The standard InChI is InChI=1S/C17H19Cl2NO/c18-12-1-2-15(14(19)9-12)20-16(21)17-5-3-10-7-11(4-6-17)13(17)8-10/h1-2,9-11,13H,3-8H2,(H,20,21)/t10-,11-,13+,17+/m0/s1. The van der Waals surface area contributed by atoms with Crippen molar-refractivity contribution < 1.29 is 4.79 Å². The predicted octanol–water partition coefficient (Wildman–Crippen LogP) is 5.15. The van der Waals surface area contributed by atoms with Crippen LogP contribution < -0.4 is 5.32 Å². The van der Waals surface area contributed by atoms with Crippen LogP contribution >= 0.6 is 23.2 Å². The molecule has 1 aromatic carbocycles. The molecule has 3 aliphatic rings. The molecule has 1 amide bonds. The Bertz CT molecular complexity index is 602. The number of benzene rings is 1. The minimum absolute atomic E-state index is 0.138. The molecule has 0 aliphatic heterocycles. The number of anilines is 1. The second-order valence-electron chi connectivity index (χ2n) is 7.02. The summed E-state index contributed by atoms with van der Waals surface area (Å²) in [5.41, 5.74) is 0.546. The van der Waals surface area contributed by atoms with Crippen LogP contribution in [0.3, 0.4) is 0 Å². The van der Waals surface area contributed by atoms with Crippen LogP contribution in [-0.2, 0) is 4.79 Å². The van der Waals surface area contributed by atoms with Gasteiger partial charge in [-0.25, -0.2) is 0 Å². The molecule has 4 heteroatoms. The molecule has 112 valence electrons. The fourth-order valence-corrected chi connectivity index (χ4v) is 5.56. The van der Waals surface area contributed by atoms with Crippen molar-refractivity contribution in [2.75, 3.05) is 5.32 Å². The Hall–Kier alpha value is -0.730. The average molecular weight is 324 g/mol. The van der Waals surface area contributed by atoms with E-state index >= 15 is 0 Å². The molecule has 2 bridgehead atoms. The molecule has 0 saturated heterocycles. The van der Waals surface area contributed by atoms with Gasteiger partial charge in [0.2, 0.25) is 5.91 Å². The number of rotatable bonds is 2. The number of nitrogens with one attached hydrogen (secondary N) is 1. The zero-order valence-electron chi connectivity index (χ0n) is 11.9. The van der Waals surface area contributed by atoms with Crippen LogP contribution in [0.2, 0.25) is 10.0 Å². The lowest BCUT2D eigenvalue weighted by molar-refractivity contribution is -0.129. The van der Waals surface area contributed by atoms with Gasteiger partial charge in [0.25, 0.3) is 0 Å². The van der Waals surface area contributed by atoms with Crippen molar-refractivity contribution in [3.05, 3.63) is 28.2 Å². The van der Waals surface area contributed by atoms with Gasteiger partial charge in [-0.05, 0) is 74.5 Å². The number of carbonyl (C=O) groups is 1. The van der Waals surface area contributed by atoms with Crippen LogP contribution in [0.15, 0.2) is 18.2 Å². The van der Waals surface area contributed by atoms with Gasteiger partial charge in [-0.2, -0.15) is 0 Å². The van der Waals surface area contributed by atoms with Crippen molar-refractivity contribution in [1.82, 2.24) is 0 Å². The largest absolute Gasteiger partial charge is 0.324 e. The first-order valence-corrected chi connectivity index (χ1v) is 8.60. The van der Waals surface area contributed by atoms with E-state index in [0.717, 1.165) is 24.7 Å². The molecular weight excluding hydrogens is 305 g/mol. The van der Waals surface area contributed by atoms with Crippen molar-refractivity contribution in [3.63, 3.8) is 0 Å². The van der Waals surface area contributed by atoms with Crippen molar-refractivity contribution in [2.24, 2.45) is 23.2 Å². The van der Waals surface area contributed by atoms with E-state index in [9.17, 15) is 4.79 Å². The van der Waals surface area contributed by atoms with Crippen LogP contribution in [0.4, 0.5) is 5.69 Å². The first kappa shape index (κ1) is 13.9. The highest BCUT2D eigenvalue weighted by molar-refractivity contribution is 6.36. The minimum atomic E-state index is -0.138. The highest BCUT2D eigenvalue weighted by atomic mass is 35.5. The summed E-state index contributed by atoms with van der Waals surface area (Å²) in [5.74, 6) is 2.44. The van der Waals surface area contributed by atoms with Crippen molar-refractivity contribution in [3.8, 4) is 0 Å². The molecule has 4 atom stereocenters. The van der Waals surface area contributed by atoms with Gasteiger partial charge in [0, 0.05) is 5.02 Å². The summed E-state index contributed by atoms with van der Waals surface area (Å²) in [5, 5.41) is 4.19. The Labute approximate surface area is 135 Å². The highest BCUT2D eigenvalue weighted by Gasteiger charge is 2.59. The molecule has 1 N–H and O–H groups in total. The lowest BCUT2D eigenvalue weighted by Gasteiger charge is -2.38. The zero-order valence-corrected chi connectivity index (χ0v) is 13.4. The molecule has 0 spiro atoms. The van der Waals surface area contributed by atoms with Crippen molar-refractivity contribution >= 4 is 34.8 Å². The molecule has 3 fully saturated rings. The van der Waals surface area contributed by atoms with Crippen molar-refractivity contribution in [2.45, 2.75) is 38.5 Å². The smallest absolute Gasteiger partial charge is 0.230 e. The van der Waals surface area contributed by atoms with Crippen LogP contribution in [0.1, 0.15) is 38.5 Å². The Kier molecular flexibility index (Phi) is 3.24. The Morgan fingerprint density at radius 3 is 2.81 bits per heavy atom. The minimum Gasteiger partial charge on any atom is -0.324 e. The quantitative estimate of drug-likeness (QED) is 0.801. The number of carbonyl (C=O) groups excluding carboxylic acids is 1. The molecule has 4 rings (SSSR count). The normalized spacial score (nSPS) is 36.8. The molecule has 3 aliphatic carbocycles. The maximum atomic E-state index is 13.0. The van der Waals surface area contributed by atoms with Crippen LogP contribution in [0, 0.1) is 23.2 Å². The fraction of sp³-hybridized carbons (Fsp3) is 0.588.